The number of fused-ring (bicyclic) bond motifs is 1. The molecule has 0 spiro atoms. The number of carbonyl (C=O) groups is 1. The van der Waals surface area contributed by atoms with Crippen molar-refractivity contribution >= 4 is 35.8 Å². The van der Waals surface area contributed by atoms with E-state index >= 15 is 0 Å². The predicted octanol–water partition coefficient (Wildman–Crippen LogP) is 5.29. The van der Waals surface area contributed by atoms with E-state index in [1.807, 2.05) is 47.4 Å². The molecule has 1 saturated heterocycles. The maximum atomic E-state index is 12.9. The number of nitrogens with zero attached hydrogens (tertiary/aromatic N) is 2. The summed E-state index contributed by atoms with van der Waals surface area (Å²) < 4.78 is 6.17. The number of carbonyl (C=O) groups excluding carboxylic acids is 1. The maximum absolute atomic E-state index is 12.9. The molecule has 184 valence electrons. The van der Waals surface area contributed by atoms with Gasteiger partial charge in [-0.15, -0.1) is 24.0 Å². The van der Waals surface area contributed by atoms with E-state index in [1.54, 1.807) is 0 Å². The number of halogens is 1. The van der Waals surface area contributed by atoms with Gasteiger partial charge in [0.05, 0.1) is 12.6 Å². The van der Waals surface area contributed by atoms with E-state index in [9.17, 15) is 4.79 Å². The molecule has 2 heterocycles. The number of likely N-dealkylation sites (tertiary alicyclic amines) is 1. The molecule has 2 aromatic rings. The van der Waals surface area contributed by atoms with Crippen LogP contribution in [-0.2, 0) is 6.54 Å². The van der Waals surface area contributed by atoms with Crippen LogP contribution in [-0.4, -0.2) is 42.0 Å². The zero-order valence-electron chi connectivity index (χ0n) is 20.5. The Hall–Kier alpha value is -2.29. The summed E-state index contributed by atoms with van der Waals surface area (Å²) in [5.74, 6) is 1.82. The van der Waals surface area contributed by atoms with E-state index in [-0.39, 0.29) is 41.5 Å². The number of para-hydroxylation sites is 1. The number of hydrogen-bond donors (Lipinski definition) is 2. The van der Waals surface area contributed by atoms with E-state index in [2.05, 4.69) is 37.5 Å². The number of amides is 1. The van der Waals surface area contributed by atoms with Crippen molar-refractivity contribution in [2.45, 2.75) is 64.6 Å². The third kappa shape index (κ3) is 6.64. The fourth-order valence-corrected chi connectivity index (χ4v) is 4.67. The number of piperidine rings is 1. The lowest BCUT2D eigenvalue weighted by Gasteiger charge is -2.38. The molecule has 1 amide bonds. The van der Waals surface area contributed by atoms with Crippen molar-refractivity contribution in [2.75, 3.05) is 19.6 Å². The summed E-state index contributed by atoms with van der Waals surface area (Å²) in [7, 11) is 0. The standard InChI is InChI=1S/C27H36N4O2.HI/c1-4-28-26(30-23-18-27(2,3)33-24-14-7-6-13-22(23)24)29-19-20-11-10-12-21(17-20)25(32)31-15-8-5-9-16-31;/h6-7,10-14,17,23H,4-5,8-9,15-16,18-19H2,1-3H3,(H2,28,29,30);1H. The monoisotopic (exact) mass is 576 g/mol. The van der Waals surface area contributed by atoms with Crippen molar-refractivity contribution in [3.63, 3.8) is 0 Å². The Morgan fingerprint density at radius 2 is 1.88 bits per heavy atom. The van der Waals surface area contributed by atoms with Crippen LogP contribution in [0.1, 0.15) is 74.0 Å². The molecule has 0 bridgehead atoms. The molecule has 34 heavy (non-hydrogen) atoms. The van der Waals surface area contributed by atoms with Gasteiger partial charge in [0.1, 0.15) is 11.4 Å². The van der Waals surface area contributed by atoms with E-state index < -0.39 is 0 Å². The zero-order chi connectivity index (χ0) is 23.3. The van der Waals surface area contributed by atoms with E-state index in [0.29, 0.717) is 6.54 Å². The molecule has 0 radical (unpaired) electrons. The Labute approximate surface area is 220 Å². The minimum atomic E-state index is -0.257. The van der Waals surface area contributed by atoms with Crippen LogP contribution in [0.25, 0.3) is 0 Å². The average molecular weight is 577 g/mol. The van der Waals surface area contributed by atoms with Gasteiger partial charge in [-0.05, 0) is 63.8 Å². The Morgan fingerprint density at radius 3 is 2.65 bits per heavy atom. The molecule has 0 saturated carbocycles. The molecule has 0 aromatic heterocycles. The molecule has 2 N–H and O–H groups in total. The highest BCUT2D eigenvalue weighted by Crippen LogP contribution is 2.39. The van der Waals surface area contributed by atoms with Crippen molar-refractivity contribution < 1.29 is 9.53 Å². The zero-order valence-corrected chi connectivity index (χ0v) is 22.8. The number of nitrogens with one attached hydrogen (secondary N) is 2. The maximum Gasteiger partial charge on any atom is 0.253 e. The lowest BCUT2D eigenvalue weighted by molar-refractivity contribution is 0.0693. The fourth-order valence-electron chi connectivity index (χ4n) is 4.67. The van der Waals surface area contributed by atoms with Gasteiger partial charge >= 0.3 is 0 Å². The second kappa shape index (κ2) is 11.9. The largest absolute Gasteiger partial charge is 0.487 e. The third-order valence-corrected chi connectivity index (χ3v) is 6.27. The summed E-state index contributed by atoms with van der Waals surface area (Å²) >= 11 is 0. The average Bonchev–Trinajstić information content (AvgIpc) is 2.82. The quantitative estimate of drug-likeness (QED) is 0.289. The second-order valence-electron chi connectivity index (χ2n) is 9.55. The Morgan fingerprint density at radius 1 is 1.12 bits per heavy atom. The normalized spacial score (nSPS) is 19.3. The lowest BCUT2D eigenvalue weighted by Crippen LogP contribution is -2.45. The predicted molar refractivity (Wildman–Crippen MR) is 148 cm³/mol. The SMILES string of the molecule is CCNC(=NCc1cccc(C(=O)N2CCCCC2)c1)NC1CC(C)(C)Oc2ccccc21.I. The molecule has 1 atom stereocenters. The number of hydrogen-bond acceptors (Lipinski definition) is 3. The molecule has 1 unspecified atom stereocenters. The van der Waals surface area contributed by atoms with Crippen LogP contribution in [0.5, 0.6) is 5.75 Å². The molecule has 1 fully saturated rings. The fraction of sp³-hybridized carbons (Fsp3) is 0.481. The van der Waals surface area contributed by atoms with Crippen LogP contribution < -0.4 is 15.4 Å². The second-order valence-corrected chi connectivity index (χ2v) is 9.55. The number of benzene rings is 2. The summed E-state index contributed by atoms with van der Waals surface area (Å²) in [5.41, 5.74) is 2.67. The summed E-state index contributed by atoms with van der Waals surface area (Å²) in [6.45, 7) is 9.30. The summed E-state index contributed by atoms with van der Waals surface area (Å²) in [6.07, 6.45) is 4.25. The topological polar surface area (TPSA) is 66.0 Å². The first-order valence-corrected chi connectivity index (χ1v) is 12.2. The van der Waals surface area contributed by atoms with Gasteiger partial charge in [0.2, 0.25) is 0 Å². The summed E-state index contributed by atoms with van der Waals surface area (Å²) in [6, 6.07) is 16.2. The van der Waals surface area contributed by atoms with Crippen molar-refractivity contribution in [3.8, 4) is 5.75 Å². The van der Waals surface area contributed by atoms with Gasteiger partial charge < -0.3 is 20.3 Å². The first-order valence-electron chi connectivity index (χ1n) is 12.2. The van der Waals surface area contributed by atoms with Crippen molar-refractivity contribution in [2.24, 2.45) is 4.99 Å². The molecular weight excluding hydrogens is 539 g/mol. The van der Waals surface area contributed by atoms with Crippen LogP contribution >= 0.6 is 24.0 Å². The third-order valence-electron chi connectivity index (χ3n) is 6.27. The number of aliphatic imine (C=N–C) groups is 1. The molecular formula is C27H37IN4O2. The number of guanidine groups is 1. The van der Waals surface area contributed by atoms with Crippen LogP contribution in [0.15, 0.2) is 53.5 Å². The molecule has 2 aromatic carbocycles. The van der Waals surface area contributed by atoms with Crippen molar-refractivity contribution in [3.05, 3.63) is 65.2 Å². The lowest BCUT2D eigenvalue weighted by atomic mass is 9.90. The first kappa shape index (κ1) is 26.3. The van der Waals surface area contributed by atoms with E-state index in [0.717, 1.165) is 67.3 Å². The molecule has 7 heteroatoms. The highest BCUT2D eigenvalue weighted by atomic mass is 127. The van der Waals surface area contributed by atoms with Crippen LogP contribution in [0, 0.1) is 0 Å². The van der Waals surface area contributed by atoms with Gasteiger partial charge in [0, 0.05) is 37.2 Å². The minimum Gasteiger partial charge on any atom is -0.487 e. The smallest absolute Gasteiger partial charge is 0.253 e. The van der Waals surface area contributed by atoms with E-state index in [1.165, 1.54) is 6.42 Å². The summed E-state index contributed by atoms with van der Waals surface area (Å²) in [5, 5.41) is 6.98. The highest BCUT2D eigenvalue weighted by Gasteiger charge is 2.34. The van der Waals surface area contributed by atoms with Gasteiger partial charge in [0.15, 0.2) is 5.96 Å². The Balaban J connectivity index is 0.00000324. The van der Waals surface area contributed by atoms with E-state index in [4.69, 9.17) is 9.73 Å². The molecule has 0 aliphatic carbocycles. The Bertz CT molecular complexity index is 1000. The molecule has 6 nitrogen and oxygen atoms in total. The van der Waals surface area contributed by atoms with Gasteiger partial charge in [0.25, 0.3) is 5.91 Å². The first-order chi connectivity index (χ1) is 15.9. The molecule has 4 rings (SSSR count). The summed E-state index contributed by atoms with van der Waals surface area (Å²) in [4.78, 5) is 19.7. The van der Waals surface area contributed by atoms with Crippen LogP contribution in [0.4, 0.5) is 0 Å². The number of rotatable bonds is 5. The minimum absolute atomic E-state index is 0. The van der Waals surface area contributed by atoms with Crippen LogP contribution in [0.2, 0.25) is 0 Å². The highest BCUT2D eigenvalue weighted by molar-refractivity contribution is 14.0. The number of ether oxygens (including phenoxy) is 1. The van der Waals surface area contributed by atoms with Gasteiger partial charge in [-0.3, -0.25) is 4.79 Å². The Kier molecular flexibility index (Phi) is 9.22. The molecule has 2 aliphatic rings. The van der Waals surface area contributed by atoms with Crippen molar-refractivity contribution in [1.29, 1.82) is 0 Å². The van der Waals surface area contributed by atoms with Gasteiger partial charge in [-0.1, -0.05) is 30.3 Å². The van der Waals surface area contributed by atoms with Gasteiger partial charge in [-0.2, -0.15) is 0 Å². The van der Waals surface area contributed by atoms with Gasteiger partial charge in [-0.25, -0.2) is 4.99 Å². The molecule has 2 aliphatic heterocycles. The van der Waals surface area contributed by atoms with Crippen molar-refractivity contribution in [1.82, 2.24) is 15.5 Å². The van der Waals surface area contributed by atoms with Crippen LogP contribution in [0.3, 0.4) is 0 Å².